The summed E-state index contributed by atoms with van der Waals surface area (Å²) in [5, 5.41) is 5.51. The van der Waals surface area contributed by atoms with E-state index in [0.717, 1.165) is 33.8 Å². The fourth-order valence-electron chi connectivity index (χ4n) is 3.28. The van der Waals surface area contributed by atoms with Gasteiger partial charge in [0.2, 0.25) is 0 Å². The second-order valence-electron chi connectivity index (χ2n) is 8.67. The maximum atomic E-state index is 12.1. The number of carbonyl (C=O) groups is 2. The highest BCUT2D eigenvalue weighted by molar-refractivity contribution is 5.78. The summed E-state index contributed by atoms with van der Waals surface area (Å²) in [5.74, 6) is 1.63. The topological polar surface area (TPSA) is 76.7 Å². The lowest BCUT2D eigenvalue weighted by Crippen LogP contribution is -2.38. The van der Waals surface area contributed by atoms with Crippen molar-refractivity contribution in [2.24, 2.45) is 0 Å². The molecule has 2 amide bonds. The number of carbonyl (C=O) groups excluding carboxylic acids is 2. The molecule has 0 aliphatic rings. The summed E-state index contributed by atoms with van der Waals surface area (Å²) < 4.78 is 11.5. The second-order valence-corrected chi connectivity index (χ2v) is 8.67. The number of ether oxygens (including phenoxy) is 2. The Bertz CT molecular complexity index is 847. The monoisotopic (exact) mass is 440 g/mol. The van der Waals surface area contributed by atoms with Crippen LogP contribution in [-0.2, 0) is 9.59 Å². The number of hydrogen-bond acceptors (Lipinski definition) is 4. The molecular formula is C26H36N2O4. The lowest BCUT2D eigenvalue weighted by molar-refractivity contribution is -0.124. The number of nitrogens with one attached hydrogen (secondary N) is 2. The van der Waals surface area contributed by atoms with Gasteiger partial charge in [-0.2, -0.15) is 0 Å². The Morgan fingerprint density at radius 3 is 1.44 bits per heavy atom. The van der Waals surface area contributed by atoms with E-state index >= 15 is 0 Å². The van der Waals surface area contributed by atoms with Gasteiger partial charge >= 0.3 is 0 Å². The van der Waals surface area contributed by atoms with Crippen LogP contribution in [0.4, 0.5) is 0 Å². The minimum Gasteiger partial charge on any atom is -0.483 e. The molecule has 0 radical (unpaired) electrons. The average molecular weight is 441 g/mol. The predicted molar refractivity (Wildman–Crippen MR) is 128 cm³/mol. The summed E-state index contributed by atoms with van der Waals surface area (Å²) in [4.78, 5) is 24.2. The lowest BCUT2D eigenvalue weighted by Gasteiger charge is -2.15. The first-order chi connectivity index (χ1) is 15.2. The maximum Gasteiger partial charge on any atom is 0.258 e. The van der Waals surface area contributed by atoms with E-state index in [4.69, 9.17) is 9.47 Å². The van der Waals surface area contributed by atoms with Crippen molar-refractivity contribution in [2.45, 2.75) is 53.4 Å². The molecule has 32 heavy (non-hydrogen) atoms. The van der Waals surface area contributed by atoms with Gasteiger partial charge in [-0.15, -0.1) is 0 Å². The van der Waals surface area contributed by atoms with Crippen LogP contribution in [0.2, 0.25) is 0 Å². The zero-order valence-electron chi connectivity index (χ0n) is 20.1. The Balaban J connectivity index is 1.71. The van der Waals surface area contributed by atoms with Crippen LogP contribution in [0.5, 0.6) is 11.5 Å². The zero-order chi connectivity index (χ0) is 23.7. The lowest BCUT2D eigenvalue weighted by atomic mass is 10.0. The Kier molecular flexibility index (Phi) is 9.57. The molecule has 6 nitrogen and oxygen atoms in total. The molecule has 0 bridgehead atoms. The van der Waals surface area contributed by atoms with E-state index in [1.54, 1.807) is 0 Å². The molecule has 6 heteroatoms. The van der Waals surface area contributed by atoms with Gasteiger partial charge in [0.1, 0.15) is 11.5 Å². The number of hydrogen-bond donors (Lipinski definition) is 2. The molecular weight excluding hydrogens is 404 g/mol. The van der Waals surface area contributed by atoms with Crippen molar-refractivity contribution in [1.82, 2.24) is 10.6 Å². The minimum absolute atomic E-state index is 0.0639. The minimum atomic E-state index is -0.229. The summed E-state index contributed by atoms with van der Waals surface area (Å²) >= 11 is 0. The molecule has 0 aliphatic carbocycles. The van der Waals surface area contributed by atoms with Gasteiger partial charge in [-0.1, -0.05) is 52.0 Å². The first kappa shape index (κ1) is 25.2. The SMILES string of the molecule is Cc1ccc(C(C)C)c(OCC(=O)NCCNC(=O)COc2cc(C)ccc2C(C)C)c1. The van der Waals surface area contributed by atoms with E-state index < -0.39 is 0 Å². The Morgan fingerprint density at radius 2 is 1.09 bits per heavy atom. The van der Waals surface area contributed by atoms with Gasteiger partial charge < -0.3 is 20.1 Å². The second kappa shape index (κ2) is 12.1. The number of amides is 2. The smallest absolute Gasteiger partial charge is 0.258 e. The van der Waals surface area contributed by atoms with Crippen molar-refractivity contribution in [2.75, 3.05) is 26.3 Å². The van der Waals surface area contributed by atoms with Crippen LogP contribution in [0, 0.1) is 13.8 Å². The quantitative estimate of drug-likeness (QED) is 0.513. The molecule has 0 spiro atoms. The summed E-state index contributed by atoms with van der Waals surface area (Å²) in [6.07, 6.45) is 0. The molecule has 2 rings (SSSR count). The number of aryl methyl sites for hydroxylation is 2. The largest absolute Gasteiger partial charge is 0.483 e. The Morgan fingerprint density at radius 1 is 0.719 bits per heavy atom. The normalized spacial score (nSPS) is 10.9. The Labute approximate surface area is 191 Å². The van der Waals surface area contributed by atoms with Crippen molar-refractivity contribution in [1.29, 1.82) is 0 Å². The average Bonchev–Trinajstić information content (AvgIpc) is 2.73. The van der Waals surface area contributed by atoms with Crippen molar-refractivity contribution < 1.29 is 19.1 Å². The molecule has 2 N–H and O–H groups in total. The van der Waals surface area contributed by atoms with Crippen LogP contribution in [0.3, 0.4) is 0 Å². The molecule has 0 saturated heterocycles. The zero-order valence-corrected chi connectivity index (χ0v) is 20.1. The van der Waals surface area contributed by atoms with Crippen molar-refractivity contribution in [3.05, 3.63) is 58.7 Å². The van der Waals surface area contributed by atoms with E-state index in [1.165, 1.54) is 0 Å². The first-order valence-corrected chi connectivity index (χ1v) is 11.2. The molecule has 0 aliphatic heterocycles. The summed E-state index contributed by atoms with van der Waals surface area (Å²) in [6, 6.07) is 12.0. The van der Waals surface area contributed by atoms with E-state index in [9.17, 15) is 9.59 Å². The van der Waals surface area contributed by atoms with Crippen LogP contribution in [0.15, 0.2) is 36.4 Å². The van der Waals surface area contributed by atoms with E-state index in [-0.39, 0.29) is 25.0 Å². The van der Waals surface area contributed by atoms with E-state index in [0.29, 0.717) is 24.9 Å². The molecule has 0 saturated carbocycles. The highest BCUT2D eigenvalue weighted by Crippen LogP contribution is 2.28. The van der Waals surface area contributed by atoms with Gasteiger partial charge in [0, 0.05) is 13.1 Å². The van der Waals surface area contributed by atoms with Gasteiger partial charge in [-0.25, -0.2) is 0 Å². The third-order valence-electron chi connectivity index (χ3n) is 5.07. The van der Waals surface area contributed by atoms with Gasteiger partial charge in [-0.05, 0) is 60.1 Å². The molecule has 0 aromatic heterocycles. The summed E-state index contributed by atoms with van der Waals surface area (Å²) in [5.41, 5.74) is 4.32. The van der Waals surface area contributed by atoms with Gasteiger partial charge in [0.15, 0.2) is 13.2 Å². The van der Waals surface area contributed by atoms with Crippen molar-refractivity contribution in [3.8, 4) is 11.5 Å². The summed E-state index contributed by atoms with van der Waals surface area (Å²) in [6.45, 7) is 12.9. The molecule has 0 heterocycles. The summed E-state index contributed by atoms with van der Waals surface area (Å²) in [7, 11) is 0. The van der Waals surface area contributed by atoms with Gasteiger partial charge in [-0.3, -0.25) is 9.59 Å². The van der Waals surface area contributed by atoms with Crippen LogP contribution in [0.1, 0.15) is 61.8 Å². The van der Waals surface area contributed by atoms with Crippen LogP contribution in [-0.4, -0.2) is 38.1 Å². The van der Waals surface area contributed by atoms with Crippen molar-refractivity contribution in [3.63, 3.8) is 0 Å². The van der Waals surface area contributed by atoms with Crippen LogP contribution >= 0.6 is 0 Å². The molecule has 2 aromatic carbocycles. The first-order valence-electron chi connectivity index (χ1n) is 11.2. The Hall–Kier alpha value is -3.02. The number of benzene rings is 2. The van der Waals surface area contributed by atoms with E-state index in [2.05, 4.69) is 38.3 Å². The fraction of sp³-hybridized carbons (Fsp3) is 0.462. The molecule has 0 atom stereocenters. The van der Waals surface area contributed by atoms with E-state index in [1.807, 2.05) is 50.2 Å². The highest BCUT2D eigenvalue weighted by atomic mass is 16.5. The molecule has 174 valence electrons. The standard InChI is InChI=1S/C26H36N2O4/c1-17(2)21-9-7-19(5)13-23(21)31-15-25(29)27-11-12-28-26(30)16-32-24-14-20(6)8-10-22(24)18(3)4/h7-10,13-14,17-18H,11-12,15-16H2,1-6H3,(H,27,29)(H,28,30). The maximum absolute atomic E-state index is 12.1. The predicted octanol–water partition coefficient (Wildman–Crippen LogP) is 4.24. The van der Waals surface area contributed by atoms with Gasteiger partial charge in [0.05, 0.1) is 0 Å². The van der Waals surface area contributed by atoms with Gasteiger partial charge in [0.25, 0.3) is 11.8 Å². The van der Waals surface area contributed by atoms with Crippen molar-refractivity contribution >= 4 is 11.8 Å². The molecule has 0 fully saturated rings. The molecule has 0 unspecified atom stereocenters. The highest BCUT2D eigenvalue weighted by Gasteiger charge is 2.12. The molecule has 2 aromatic rings. The third-order valence-corrected chi connectivity index (χ3v) is 5.07. The van der Waals surface area contributed by atoms with Crippen LogP contribution in [0.25, 0.3) is 0 Å². The third kappa shape index (κ3) is 7.91. The fourth-order valence-corrected chi connectivity index (χ4v) is 3.28. The van der Waals surface area contributed by atoms with Crippen LogP contribution < -0.4 is 20.1 Å². The number of rotatable bonds is 11.